The van der Waals surface area contributed by atoms with Crippen molar-refractivity contribution in [3.63, 3.8) is 0 Å². The summed E-state index contributed by atoms with van der Waals surface area (Å²) in [5.74, 6) is -0.203. The van der Waals surface area contributed by atoms with E-state index in [4.69, 9.17) is 0 Å². The van der Waals surface area contributed by atoms with Gasteiger partial charge in [0, 0.05) is 36.5 Å². The number of pyridine rings is 1. The van der Waals surface area contributed by atoms with Crippen molar-refractivity contribution in [3.8, 4) is 0 Å². The molecule has 3 aromatic rings. The van der Waals surface area contributed by atoms with Crippen LogP contribution in [0, 0.1) is 0 Å². The van der Waals surface area contributed by atoms with Gasteiger partial charge in [-0.05, 0) is 63.3 Å². The zero-order valence-corrected chi connectivity index (χ0v) is 21.0. The van der Waals surface area contributed by atoms with E-state index in [-0.39, 0.29) is 11.8 Å². The van der Waals surface area contributed by atoms with Crippen LogP contribution >= 0.6 is 0 Å². The number of nitrogens with one attached hydrogen (secondary N) is 2. The van der Waals surface area contributed by atoms with Crippen molar-refractivity contribution in [1.29, 1.82) is 0 Å². The van der Waals surface area contributed by atoms with Gasteiger partial charge in [-0.3, -0.25) is 14.6 Å². The molecular formula is C28H31N7O2. The molecule has 190 valence electrons. The number of carbonyl (C=O) groups is 2. The second-order valence-electron chi connectivity index (χ2n) is 9.48. The van der Waals surface area contributed by atoms with Crippen LogP contribution in [-0.4, -0.2) is 71.6 Å². The first-order valence-corrected chi connectivity index (χ1v) is 12.5. The number of anilines is 2. The van der Waals surface area contributed by atoms with Crippen LogP contribution in [0.15, 0.2) is 84.2 Å². The number of hydrogen-bond acceptors (Lipinski definition) is 7. The lowest BCUT2D eigenvalue weighted by Crippen LogP contribution is -2.46. The summed E-state index contributed by atoms with van der Waals surface area (Å²) in [7, 11) is 4.17. The summed E-state index contributed by atoms with van der Waals surface area (Å²) in [6, 6.07) is 20.2. The molecule has 2 amide bonds. The molecule has 2 aliphatic rings. The third-order valence-electron chi connectivity index (χ3n) is 6.87. The van der Waals surface area contributed by atoms with Gasteiger partial charge in [-0.1, -0.05) is 30.3 Å². The van der Waals surface area contributed by atoms with Gasteiger partial charge in [0.05, 0.1) is 23.3 Å². The molecule has 1 aromatic heterocycles. The lowest BCUT2D eigenvalue weighted by Gasteiger charge is -2.35. The van der Waals surface area contributed by atoms with Crippen molar-refractivity contribution in [2.24, 2.45) is 5.10 Å². The maximum Gasteiger partial charge on any atom is 0.272 e. The Morgan fingerprint density at radius 3 is 2.35 bits per heavy atom. The molecule has 9 heteroatoms. The maximum atomic E-state index is 13.5. The number of hydrogen-bond donors (Lipinski definition) is 2. The summed E-state index contributed by atoms with van der Waals surface area (Å²) >= 11 is 0. The van der Waals surface area contributed by atoms with Crippen molar-refractivity contribution in [3.05, 3.63) is 90.3 Å². The molecule has 37 heavy (non-hydrogen) atoms. The number of rotatable bonds is 7. The minimum Gasteiger partial charge on any atom is -0.339 e. The first kappa shape index (κ1) is 24.6. The highest BCUT2D eigenvalue weighted by molar-refractivity contribution is 6.24. The van der Waals surface area contributed by atoms with Crippen LogP contribution in [-0.2, 0) is 4.79 Å². The molecule has 2 aromatic carbocycles. The molecule has 1 atom stereocenters. The van der Waals surface area contributed by atoms with Crippen molar-refractivity contribution in [2.75, 3.05) is 37.6 Å². The van der Waals surface area contributed by atoms with Crippen LogP contribution in [0.1, 0.15) is 28.8 Å². The normalized spacial score (nSPS) is 18.3. The second-order valence-corrected chi connectivity index (χ2v) is 9.48. The third-order valence-corrected chi connectivity index (χ3v) is 6.87. The Hall–Kier alpha value is -4.08. The van der Waals surface area contributed by atoms with Gasteiger partial charge in [-0.25, -0.2) is 5.43 Å². The van der Waals surface area contributed by atoms with E-state index in [1.54, 1.807) is 36.7 Å². The average Bonchev–Trinajstić information content (AvgIpc) is 3.28. The van der Waals surface area contributed by atoms with Gasteiger partial charge in [0.2, 0.25) is 0 Å². The smallest absolute Gasteiger partial charge is 0.272 e. The lowest BCUT2D eigenvalue weighted by molar-refractivity contribution is -0.118. The van der Waals surface area contributed by atoms with Gasteiger partial charge < -0.3 is 15.2 Å². The Labute approximate surface area is 216 Å². The highest BCUT2D eigenvalue weighted by Gasteiger charge is 2.37. The Morgan fingerprint density at radius 1 is 0.973 bits per heavy atom. The molecule has 1 fully saturated rings. The van der Waals surface area contributed by atoms with Crippen LogP contribution < -0.4 is 15.9 Å². The SMILES string of the molecule is CN(C)C1CCN(C(=O)c2ccc(N3N=C(c4ccccc4)C(NNc4cccnc4)C3=O)cc2)CC1. The van der Waals surface area contributed by atoms with E-state index in [1.165, 1.54) is 5.01 Å². The summed E-state index contributed by atoms with van der Waals surface area (Å²) in [6.07, 6.45) is 5.29. The number of amides is 2. The van der Waals surface area contributed by atoms with E-state index in [0.29, 0.717) is 23.0 Å². The van der Waals surface area contributed by atoms with Gasteiger partial charge in [0.1, 0.15) is 0 Å². The Bertz CT molecular complexity index is 1250. The van der Waals surface area contributed by atoms with Gasteiger partial charge in [0.15, 0.2) is 6.04 Å². The van der Waals surface area contributed by atoms with Crippen molar-refractivity contribution in [1.82, 2.24) is 20.2 Å². The summed E-state index contributed by atoms with van der Waals surface area (Å²) in [5, 5.41) is 6.07. The van der Waals surface area contributed by atoms with E-state index in [1.807, 2.05) is 47.4 Å². The van der Waals surface area contributed by atoms with E-state index in [0.717, 1.165) is 37.2 Å². The van der Waals surface area contributed by atoms with Crippen LogP contribution in [0.2, 0.25) is 0 Å². The largest absolute Gasteiger partial charge is 0.339 e. The fourth-order valence-corrected chi connectivity index (χ4v) is 4.71. The third kappa shape index (κ3) is 5.37. The molecule has 0 radical (unpaired) electrons. The summed E-state index contributed by atoms with van der Waals surface area (Å²) in [5.41, 5.74) is 9.56. The lowest BCUT2D eigenvalue weighted by atomic mass is 10.0. The Kier molecular flexibility index (Phi) is 7.25. The highest BCUT2D eigenvalue weighted by atomic mass is 16.2. The van der Waals surface area contributed by atoms with Crippen LogP contribution in [0.5, 0.6) is 0 Å². The monoisotopic (exact) mass is 497 g/mol. The molecule has 9 nitrogen and oxygen atoms in total. The fourth-order valence-electron chi connectivity index (χ4n) is 4.71. The molecule has 0 bridgehead atoms. The second kappa shape index (κ2) is 10.9. The minimum absolute atomic E-state index is 0.0187. The topological polar surface area (TPSA) is 93.2 Å². The van der Waals surface area contributed by atoms with Crippen molar-refractivity contribution < 1.29 is 9.59 Å². The summed E-state index contributed by atoms with van der Waals surface area (Å²) < 4.78 is 0. The van der Waals surface area contributed by atoms with Gasteiger partial charge in [-0.15, -0.1) is 0 Å². The molecule has 0 saturated carbocycles. The molecule has 3 heterocycles. The number of nitrogens with zero attached hydrogens (tertiary/aromatic N) is 5. The number of piperidine rings is 1. The number of likely N-dealkylation sites (tertiary alicyclic amines) is 1. The standard InChI is InChI=1S/C28H31N7O2/c1-33(2)23-14-17-34(18-15-23)27(36)21-10-12-24(13-11-21)35-28(37)26(31-30-22-9-6-16-29-19-22)25(32-35)20-7-4-3-5-8-20/h3-13,16,19,23,26,30-31H,14-15,17-18H2,1-2H3. The minimum atomic E-state index is -0.707. The highest BCUT2D eigenvalue weighted by Crippen LogP contribution is 2.25. The number of benzene rings is 2. The number of carbonyl (C=O) groups excluding carboxylic acids is 2. The Balaban J connectivity index is 1.32. The van der Waals surface area contributed by atoms with Crippen LogP contribution in [0.3, 0.4) is 0 Å². The van der Waals surface area contributed by atoms with E-state index in [2.05, 4.69) is 39.9 Å². The Morgan fingerprint density at radius 2 is 1.70 bits per heavy atom. The molecule has 0 spiro atoms. The number of aromatic nitrogens is 1. The zero-order chi connectivity index (χ0) is 25.8. The summed E-state index contributed by atoms with van der Waals surface area (Å²) in [6.45, 7) is 1.49. The first-order chi connectivity index (χ1) is 18.0. The molecule has 1 saturated heterocycles. The molecule has 1 unspecified atom stereocenters. The van der Waals surface area contributed by atoms with Crippen molar-refractivity contribution >= 4 is 28.9 Å². The molecule has 2 N–H and O–H groups in total. The van der Waals surface area contributed by atoms with E-state index in [9.17, 15) is 9.59 Å². The van der Waals surface area contributed by atoms with E-state index >= 15 is 0 Å². The van der Waals surface area contributed by atoms with Crippen molar-refractivity contribution in [2.45, 2.75) is 24.9 Å². The predicted octanol–water partition coefficient (Wildman–Crippen LogP) is 2.98. The number of hydrazine groups is 1. The van der Waals surface area contributed by atoms with Gasteiger partial charge in [-0.2, -0.15) is 10.1 Å². The molecule has 5 rings (SSSR count). The maximum absolute atomic E-state index is 13.5. The summed E-state index contributed by atoms with van der Waals surface area (Å²) in [4.78, 5) is 34.8. The average molecular weight is 498 g/mol. The van der Waals surface area contributed by atoms with Gasteiger partial charge in [0.25, 0.3) is 11.8 Å². The molecule has 0 aliphatic carbocycles. The van der Waals surface area contributed by atoms with E-state index < -0.39 is 6.04 Å². The zero-order valence-electron chi connectivity index (χ0n) is 21.0. The fraction of sp³-hybridized carbons (Fsp3) is 0.286. The predicted molar refractivity (Wildman–Crippen MR) is 144 cm³/mol. The van der Waals surface area contributed by atoms with Gasteiger partial charge >= 0.3 is 0 Å². The molecule has 2 aliphatic heterocycles. The number of hydrazone groups is 1. The molecular weight excluding hydrogens is 466 g/mol. The van der Waals surface area contributed by atoms with Crippen LogP contribution in [0.25, 0.3) is 0 Å². The quantitative estimate of drug-likeness (QED) is 0.488. The van der Waals surface area contributed by atoms with Crippen LogP contribution in [0.4, 0.5) is 11.4 Å². The first-order valence-electron chi connectivity index (χ1n) is 12.5.